The van der Waals surface area contributed by atoms with Crippen LogP contribution in [0.1, 0.15) is 25.5 Å². The zero-order valence-electron chi connectivity index (χ0n) is 6.67. The molecule has 1 saturated carbocycles. The van der Waals surface area contributed by atoms with Crippen molar-refractivity contribution in [1.82, 2.24) is 10.2 Å². The first-order chi connectivity index (χ1) is 5.26. The van der Waals surface area contributed by atoms with Gasteiger partial charge in [0.05, 0.1) is 0 Å². The predicted octanol–water partition coefficient (Wildman–Crippen LogP) is 0.789. The minimum atomic E-state index is 0.233. The molecule has 1 aliphatic rings. The van der Waals surface area contributed by atoms with Gasteiger partial charge in [-0.25, -0.2) is 0 Å². The molecule has 1 atom stereocenters. The SMILES string of the molecule is CC(N)C1(c2ccn[nH]2)CC1. The summed E-state index contributed by atoms with van der Waals surface area (Å²) in [6, 6.07) is 2.26. The molecule has 0 aliphatic heterocycles. The van der Waals surface area contributed by atoms with Crippen molar-refractivity contribution in [2.24, 2.45) is 5.73 Å². The molecular formula is C8H13N3. The van der Waals surface area contributed by atoms with E-state index in [-0.39, 0.29) is 11.5 Å². The summed E-state index contributed by atoms with van der Waals surface area (Å²) in [6.45, 7) is 2.06. The molecule has 3 heteroatoms. The quantitative estimate of drug-likeness (QED) is 0.656. The maximum atomic E-state index is 5.88. The Kier molecular flexibility index (Phi) is 1.29. The van der Waals surface area contributed by atoms with Gasteiger partial charge in [0.25, 0.3) is 0 Å². The minimum Gasteiger partial charge on any atom is -0.327 e. The van der Waals surface area contributed by atoms with Crippen LogP contribution in [0.15, 0.2) is 12.3 Å². The van der Waals surface area contributed by atoms with E-state index in [0.29, 0.717) is 0 Å². The van der Waals surface area contributed by atoms with E-state index in [9.17, 15) is 0 Å². The fraction of sp³-hybridized carbons (Fsp3) is 0.625. The van der Waals surface area contributed by atoms with Crippen LogP contribution in [-0.2, 0) is 5.41 Å². The van der Waals surface area contributed by atoms with Gasteiger partial charge in [0.1, 0.15) is 0 Å². The molecule has 0 bridgehead atoms. The van der Waals surface area contributed by atoms with Gasteiger partial charge in [0.2, 0.25) is 0 Å². The molecule has 1 aliphatic carbocycles. The number of nitrogens with zero attached hydrogens (tertiary/aromatic N) is 1. The van der Waals surface area contributed by atoms with Gasteiger partial charge < -0.3 is 5.73 Å². The third kappa shape index (κ3) is 0.878. The van der Waals surface area contributed by atoms with Crippen molar-refractivity contribution in [2.75, 3.05) is 0 Å². The minimum absolute atomic E-state index is 0.233. The molecule has 1 heterocycles. The number of aromatic amines is 1. The van der Waals surface area contributed by atoms with Crippen LogP contribution in [0.3, 0.4) is 0 Å². The largest absolute Gasteiger partial charge is 0.327 e. The molecule has 3 nitrogen and oxygen atoms in total. The van der Waals surface area contributed by atoms with Gasteiger partial charge in [-0.1, -0.05) is 0 Å². The highest BCUT2D eigenvalue weighted by molar-refractivity contribution is 5.25. The number of hydrogen-bond acceptors (Lipinski definition) is 2. The number of nitrogens with two attached hydrogens (primary N) is 1. The Bertz CT molecular complexity index is 234. The van der Waals surface area contributed by atoms with Crippen molar-refractivity contribution in [1.29, 1.82) is 0 Å². The number of rotatable bonds is 2. The molecule has 0 spiro atoms. The monoisotopic (exact) mass is 151 g/mol. The van der Waals surface area contributed by atoms with Crippen molar-refractivity contribution in [3.63, 3.8) is 0 Å². The zero-order chi connectivity index (χ0) is 7.90. The van der Waals surface area contributed by atoms with E-state index >= 15 is 0 Å². The van der Waals surface area contributed by atoms with Crippen molar-refractivity contribution < 1.29 is 0 Å². The Balaban J connectivity index is 2.29. The first-order valence-electron chi connectivity index (χ1n) is 4.01. The summed E-state index contributed by atoms with van der Waals surface area (Å²) in [5.41, 5.74) is 7.31. The van der Waals surface area contributed by atoms with E-state index in [4.69, 9.17) is 5.73 Å². The van der Waals surface area contributed by atoms with Gasteiger partial charge in [-0.05, 0) is 25.8 Å². The van der Waals surface area contributed by atoms with Crippen molar-refractivity contribution in [2.45, 2.75) is 31.2 Å². The lowest BCUT2D eigenvalue weighted by Crippen LogP contribution is -2.31. The standard InChI is InChI=1S/C8H13N3/c1-6(9)8(3-4-8)7-2-5-10-11-7/h2,5-6H,3-4,9H2,1H3,(H,10,11). The second kappa shape index (κ2) is 2.08. The summed E-state index contributed by atoms with van der Waals surface area (Å²) in [5.74, 6) is 0. The molecule has 11 heavy (non-hydrogen) atoms. The molecular weight excluding hydrogens is 138 g/mol. The average Bonchev–Trinajstić information content (AvgIpc) is 2.61. The highest BCUT2D eigenvalue weighted by atomic mass is 15.1. The third-order valence-electron chi connectivity index (χ3n) is 2.70. The molecule has 1 unspecified atom stereocenters. The molecule has 0 aromatic carbocycles. The van der Waals surface area contributed by atoms with E-state index in [2.05, 4.69) is 17.1 Å². The Morgan fingerprint density at radius 1 is 1.73 bits per heavy atom. The van der Waals surface area contributed by atoms with Crippen LogP contribution in [0.25, 0.3) is 0 Å². The number of H-pyrrole nitrogens is 1. The molecule has 1 aromatic rings. The molecule has 2 rings (SSSR count). The highest BCUT2D eigenvalue weighted by Crippen LogP contribution is 2.49. The van der Waals surface area contributed by atoms with Crippen molar-refractivity contribution in [3.05, 3.63) is 18.0 Å². The average molecular weight is 151 g/mol. The Labute approximate surface area is 66.0 Å². The molecule has 1 aromatic heterocycles. The van der Waals surface area contributed by atoms with Crippen molar-refractivity contribution >= 4 is 0 Å². The van der Waals surface area contributed by atoms with E-state index in [0.717, 1.165) is 0 Å². The fourth-order valence-electron chi connectivity index (χ4n) is 1.64. The summed E-state index contributed by atoms with van der Waals surface area (Å²) < 4.78 is 0. The zero-order valence-corrected chi connectivity index (χ0v) is 6.67. The van der Waals surface area contributed by atoms with Gasteiger partial charge in [0.15, 0.2) is 0 Å². The first-order valence-corrected chi connectivity index (χ1v) is 4.01. The molecule has 60 valence electrons. The fourth-order valence-corrected chi connectivity index (χ4v) is 1.64. The molecule has 1 fully saturated rings. The van der Waals surface area contributed by atoms with E-state index < -0.39 is 0 Å². The van der Waals surface area contributed by atoms with Gasteiger partial charge >= 0.3 is 0 Å². The Hall–Kier alpha value is -0.830. The number of hydrogen-bond donors (Lipinski definition) is 2. The second-order valence-electron chi connectivity index (χ2n) is 3.42. The number of aromatic nitrogens is 2. The predicted molar refractivity (Wildman–Crippen MR) is 43.1 cm³/mol. The summed E-state index contributed by atoms with van der Waals surface area (Å²) in [4.78, 5) is 0. The summed E-state index contributed by atoms with van der Waals surface area (Å²) in [7, 11) is 0. The van der Waals surface area contributed by atoms with E-state index in [1.54, 1.807) is 6.20 Å². The number of nitrogens with one attached hydrogen (secondary N) is 1. The third-order valence-corrected chi connectivity index (χ3v) is 2.70. The summed E-state index contributed by atoms with van der Waals surface area (Å²) in [6.07, 6.45) is 4.19. The molecule has 0 amide bonds. The topological polar surface area (TPSA) is 54.7 Å². The van der Waals surface area contributed by atoms with Crippen LogP contribution in [0.5, 0.6) is 0 Å². The second-order valence-corrected chi connectivity index (χ2v) is 3.42. The van der Waals surface area contributed by atoms with Gasteiger partial charge in [-0.3, -0.25) is 5.10 Å². The van der Waals surface area contributed by atoms with Gasteiger partial charge in [0, 0.05) is 23.3 Å². The van der Waals surface area contributed by atoms with Crippen LogP contribution < -0.4 is 5.73 Å². The normalized spacial score (nSPS) is 23.1. The van der Waals surface area contributed by atoms with Crippen LogP contribution >= 0.6 is 0 Å². The van der Waals surface area contributed by atoms with Crippen LogP contribution in [0, 0.1) is 0 Å². The lowest BCUT2D eigenvalue weighted by atomic mass is 9.95. The van der Waals surface area contributed by atoms with Crippen LogP contribution in [0.2, 0.25) is 0 Å². The smallest absolute Gasteiger partial charge is 0.0490 e. The summed E-state index contributed by atoms with van der Waals surface area (Å²) in [5, 5.41) is 6.92. The maximum absolute atomic E-state index is 5.88. The lowest BCUT2D eigenvalue weighted by molar-refractivity contribution is 0.541. The lowest BCUT2D eigenvalue weighted by Gasteiger charge is -2.16. The van der Waals surface area contributed by atoms with Crippen molar-refractivity contribution in [3.8, 4) is 0 Å². The molecule has 3 N–H and O–H groups in total. The van der Waals surface area contributed by atoms with Crippen LogP contribution in [-0.4, -0.2) is 16.2 Å². The Morgan fingerprint density at radius 2 is 2.45 bits per heavy atom. The van der Waals surface area contributed by atoms with Gasteiger partial charge in [-0.2, -0.15) is 5.10 Å². The summed E-state index contributed by atoms with van der Waals surface area (Å²) >= 11 is 0. The first kappa shape index (κ1) is 6.85. The van der Waals surface area contributed by atoms with Crippen LogP contribution in [0.4, 0.5) is 0 Å². The maximum Gasteiger partial charge on any atom is 0.0490 e. The highest BCUT2D eigenvalue weighted by Gasteiger charge is 2.48. The molecule has 0 radical (unpaired) electrons. The van der Waals surface area contributed by atoms with E-state index in [1.165, 1.54) is 18.5 Å². The Morgan fingerprint density at radius 3 is 2.82 bits per heavy atom. The van der Waals surface area contributed by atoms with E-state index in [1.807, 2.05) is 6.07 Å². The molecule has 0 saturated heterocycles. The van der Waals surface area contributed by atoms with Gasteiger partial charge in [-0.15, -0.1) is 0 Å².